The molecule has 0 unspecified atom stereocenters. The number of aryl methyl sites for hydroxylation is 2. The summed E-state index contributed by atoms with van der Waals surface area (Å²) in [5.74, 6) is 0.591. The number of nitrogens with one attached hydrogen (secondary N) is 2. The number of rotatable bonds is 4. The zero-order valence-corrected chi connectivity index (χ0v) is 15.0. The summed E-state index contributed by atoms with van der Waals surface area (Å²) in [6.45, 7) is 0.0985. The fraction of sp³-hybridized carbons (Fsp3) is 0.222. The van der Waals surface area contributed by atoms with E-state index < -0.39 is 10.0 Å². The first-order valence-electron chi connectivity index (χ1n) is 8.27. The second-order valence-corrected chi connectivity index (χ2v) is 8.03. The number of hydrogen-bond donors (Lipinski definition) is 2. The fourth-order valence-corrected chi connectivity index (χ4v) is 4.15. The molecule has 1 aliphatic rings. The van der Waals surface area contributed by atoms with Gasteiger partial charge in [-0.3, -0.25) is 4.79 Å². The molecule has 2 heterocycles. The Morgan fingerprint density at radius 3 is 2.81 bits per heavy atom. The molecule has 3 aromatic rings. The lowest BCUT2D eigenvalue weighted by atomic mass is 10.0. The maximum atomic E-state index is 12.6. The van der Waals surface area contributed by atoms with E-state index in [4.69, 9.17) is 0 Å². The first-order chi connectivity index (χ1) is 12.4. The van der Waals surface area contributed by atoms with Crippen molar-refractivity contribution in [2.75, 3.05) is 5.32 Å². The Morgan fingerprint density at radius 2 is 2.00 bits per heavy atom. The van der Waals surface area contributed by atoms with E-state index in [0.29, 0.717) is 24.4 Å². The van der Waals surface area contributed by atoms with Gasteiger partial charge in [0, 0.05) is 19.2 Å². The van der Waals surface area contributed by atoms with Crippen molar-refractivity contribution in [1.29, 1.82) is 0 Å². The molecule has 8 heteroatoms. The van der Waals surface area contributed by atoms with Crippen LogP contribution in [0.5, 0.6) is 0 Å². The highest BCUT2D eigenvalue weighted by Crippen LogP contribution is 2.25. The number of nitrogens with zero attached hydrogens (tertiary/aromatic N) is 2. The maximum Gasteiger partial charge on any atom is 0.240 e. The van der Waals surface area contributed by atoms with Gasteiger partial charge >= 0.3 is 0 Å². The highest BCUT2D eigenvalue weighted by atomic mass is 32.2. The molecule has 134 valence electrons. The van der Waals surface area contributed by atoms with Crippen LogP contribution in [0.1, 0.15) is 17.8 Å². The molecule has 0 saturated heterocycles. The summed E-state index contributed by atoms with van der Waals surface area (Å²) in [6.07, 6.45) is 0.902. The van der Waals surface area contributed by atoms with Gasteiger partial charge in [-0.05, 0) is 42.3 Å². The molecule has 26 heavy (non-hydrogen) atoms. The predicted octanol–water partition coefficient (Wildman–Crippen LogP) is 1.94. The Kier molecular flexibility index (Phi) is 4.01. The second kappa shape index (κ2) is 6.22. The molecule has 0 atom stereocenters. The fourth-order valence-electron chi connectivity index (χ4n) is 3.12. The number of imidazole rings is 1. The van der Waals surface area contributed by atoms with Crippen LogP contribution in [0, 0.1) is 0 Å². The van der Waals surface area contributed by atoms with Crippen LogP contribution in [0.2, 0.25) is 0 Å². The summed E-state index contributed by atoms with van der Waals surface area (Å²) in [4.78, 5) is 16.1. The van der Waals surface area contributed by atoms with Crippen molar-refractivity contribution in [3.05, 3.63) is 53.9 Å². The van der Waals surface area contributed by atoms with Crippen LogP contribution in [-0.4, -0.2) is 23.9 Å². The first kappa shape index (κ1) is 16.7. The molecular formula is C18H18N4O3S. The molecule has 2 aromatic carbocycles. The highest BCUT2D eigenvalue weighted by molar-refractivity contribution is 7.89. The molecular weight excluding hydrogens is 352 g/mol. The zero-order chi connectivity index (χ0) is 18.3. The third-order valence-corrected chi connectivity index (χ3v) is 5.98. The lowest BCUT2D eigenvalue weighted by Gasteiger charge is -2.17. The van der Waals surface area contributed by atoms with Crippen LogP contribution in [-0.2, 0) is 34.8 Å². The number of sulfonamides is 1. The van der Waals surface area contributed by atoms with Crippen LogP contribution >= 0.6 is 0 Å². The van der Waals surface area contributed by atoms with Crippen LogP contribution < -0.4 is 10.0 Å². The summed E-state index contributed by atoms with van der Waals surface area (Å²) in [5, 5.41) is 2.75. The van der Waals surface area contributed by atoms with Gasteiger partial charge in [0.25, 0.3) is 0 Å². The monoisotopic (exact) mass is 370 g/mol. The number of aromatic nitrogens is 2. The van der Waals surface area contributed by atoms with Crippen molar-refractivity contribution in [2.45, 2.75) is 24.3 Å². The predicted molar refractivity (Wildman–Crippen MR) is 98.1 cm³/mol. The van der Waals surface area contributed by atoms with Gasteiger partial charge in [0.15, 0.2) is 0 Å². The minimum absolute atomic E-state index is 0.0481. The molecule has 2 N–H and O–H groups in total. The van der Waals surface area contributed by atoms with Gasteiger partial charge in [-0.2, -0.15) is 0 Å². The van der Waals surface area contributed by atoms with Crippen LogP contribution in [0.25, 0.3) is 11.0 Å². The second-order valence-electron chi connectivity index (χ2n) is 6.27. The quantitative estimate of drug-likeness (QED) is 0.734. The average Bonchev–Trinajstić information content (AvgIpc) is 2.96. The van der Waals surface area contributed by atoms with E-state index in [-0.39, 0.29) is 17.3 Å². The van der Waals surface area contributed by atoms with Gasteiger partial charge in [0.1, 0.15) is 5.82 Å². The Bertz CT molecular complexity index is 1120. The molecule has 0 spiro atoms. The molecule has 0 radical (unpaired) electrons. The van der Waals surface area contributed by atoms with Crippen molar-refractivity contribution in [1.82, 2.24) is 14.3 Å². The SMILES string of the molecule is Cn1c(CNS(=O)(=O)c2ccc3c(c2)CCC(=O)N3)nc2ccccc21. The van der Waals surface area contributed by atoms with Gasteiger partial charge in [-0.15, -0.1) is 0 Å². The van der Waals surface area contributed by atoms with Gasteiger partial charge in [-0.25, -0.2) is 18.1 Å². The molecule has 4 rings (SSSR count). The number of carbonyl (C=O) groups is 1. The number of benzene rings is 2. The molecule has 0 aliphatic carbocycles. The molecule has 1 aromatic heterocycles. The molecule has 7 nitrogen and oxygen atoms in total. The van der Waals surface area contributed by atoms with E-state index in [1.54, 1.807) is 12.1 Å². The van der Waals surface area contributed by atoms with Gasteiger partial charge in [0.05, 0.1) is 22.5 Å². The first-order valence-corrected chi connectivity index (χ1v) is 9.75. The normalized spacial score (nSPS) is 14.3. The standard InChI is InChI=1S/C18H18N4O3S/c1-22-16-5-3-2-4-15(16)20-17(22)11-19-26(24,25)13-7-8-14-12(10-13)6-9-18(23)21-14/h2-5,7-8,10,19H,6,9,11H2,1H3,(H,21,23). The molecule has 0 fully saturated rings. The van der Waals surface area contributed by atoms with Crippen LogP contribution in [0.4, 0.5) is 5.69 Å². The van der Waals surface area contributed by atoms with Crippen molar-refractivity contribution < 1.29 is 13.2 Å². The maximum absolute atomic E-state index is 12.6. The van der Waals surface area contributed by atoms with Gasteiger partial charge < -0.3 is 9.88 Å². The number of hydrogen-bond acceptors (Lipinski definition) is 4. The summed E-state index contributed by atoms with van der Waals surface area (Å²) < 4.78 is 29.8. The van der Waals surface area contributed by atoms with Crippen molar-refractivity contribution in [2.24, 2.45) is 7.05 Å². The summed E-state index contributed by atoms with van der Waals surface area (Å²) >= 11 is 0. The molecule has 0 bridgehead atoms. The number of carbonyl (C=O) groups excluding carboxylic acids is 1. The van der Waals surface area contributed by atoms with E-state index in [2.05, 4.69) is 15.0 Å². The minimum atomic E-state index is -3.68. The number of para-hydroxylation sites is 2. The largest absolute Gasteiger partial charge is 0.330 e. The minimum Gasteiger partial charge on any atom is -0.330 e. The van der Waals surface area contributed by atoms with Crippen LogP contribution in [0.3, 0.4) is 0 Å². The Hall–Kier alpha value is -2.71. The van der Waals surface area contributed by atoms with E-state index in [0.717, 1.165) is 16.6 Å². The lowest BCUT2D eigenvalue weighted by molar-refractivity contribution is -0.116. The Labute approximate surface area is 151 Å². The average molecular weight is 370 g/mol. The van der Waals surface area contributed by atoms with Crippen molar-refractivity contribution in [3.8, 4) is 0 Å². The van der Waals surface area contributed by atoms with E-state index in [1.165, 1.54) is 6.07 Å². The Morgan fingerprint density at radius 1 is 1.19 bits per heavy atom. The molecule has 1 amide bonds. The summed E-state index contributed by atoms with van der Waals surface area (Å²) in [6, 6.07) is 12.4. The summed E-state index contributed by atoms with van der Waals surface area (Å²) in [7, 11) is -1.81. The molecule has 0 saturated carbocycles. The smallest absolute Gasteiger partial charge is 0.240 e. The number of amides is 1. The Balaban J connectivity index is 1.57. The topological polar surface area (TPSA) is 93.1 Å². The summed E-state index contributed by atoms with van der Waals surface area (Å²) in [5.41, 5.74) is 3.28. The zero-order valence-electron chi connectivity index (χ0n) is 14.2. The third kappa shape index (κ3) is 2.97. The van der Waals surface area contributed by atoms with Crippen LogP contribution in [0.15, 0.2) is 47.4 Å². The number of fused-ring (bicyclic) bond motifs is 2. The van der Waals surface area contributed by atoms with Gasteiger partial charge in [-0.1, -0.05) is 12.1 Å². The van der Waals surface area contributed by atoms with E-state index >= 15 is 0 Å². The van der Waals surface area contributed by atoms with E-state index in [9.17, 15) is 13.2 Å². The van der Waals surface area contributed by atoms with Crippen molar-refractivity contribution >= 4 is 32.7 Å². The lowest BCUT2D eigenvalue weighted by Crippen LogP contribution is -2.25. The number of anilines is 1. The highest BCUT2D eigenvalue weighted by Gasteiger charge is 2.20. The van der Waals surface area contributed by atoms with Gasteiger partial charge in [0.2, 0.25) is 15.9 Å². The van der Waals surface area contributed by atoms with Crippen molar-refractivity contribution in [3.63, 3.8) is 0 Å². The van der Waals surface area contributed by atoms with E-state index in [1.807, 2.05) is 35.9 Å². The third-order valence-electron chi connectivity index (χ3n) is 4.58. The molecule has 1 aliphatic heterocycles.